The summed E-state index contributed by atoms with van der Waals surface area (Å²) in [6, 6.07) is 6.46. The van der Waals surface area contributed by atoms with Crippen LogP contribution in [0.25, 0.3) is 0 Å². The van der Waals surface area contributed by atoms with Crippen molar-refractivity contribution in [2.45, 2.75) is 18.9 Å². The molecule has 1 saturated carbocycles. The van der Waals surface area contributed by atoms with E-state index in [0.717, 1.165) is 42.9 Å². The number of piperazine rings is 1. The Bertz CT molecular complexity index is 449. The topological polar surface area (TPSA) is 24.5 Å². The first-order valence-corrected chi connectivity index (χ1v) is 7.45. The molecule has 1 heterocycles. The molecule has 3 rings (SSSR count). The summed E-state index contributed by atoms with van der Waals surface area (Å²) in [7, 11) is 1.74. The van der Waals surface area contributed by atoms with Crippen molar-refractivity contribution in [1.29, 1.82) is 0 Å². The highest BCUT2D eigenvalue weighted by atomic mass is 35.5. The molecule has 21 heavy (non-hydrogen) atoms. The average molecular weight is 354 g/mol. The molecular formula is C15H23Cl3N2O. The van der Waals surface area contributed by atoms with Gasteiger partial charge in [0.25, 0.3) is 0 Å². The van der Waals surface area contributed by atoms with Crippen molar-refractivity contribution in [3.8, 4) is 5.75 Å². The number of rotatable bonds is 4. The number of halogens is 3. The lowest BCUT2D eigenvalue weighted by Crippen LogP contribution is -2.45. The van der Waals surface area contributed by atoms with Crippen LogP contribution in [0, 0.1) is 5.92 Å². The number of ether oxygens (including phenoxy) is 1. The van der Waals surface area contributed by atoms with Gasteiger partial charge in [-0.3, -0.25) is 4.90 Å². The molecule has 0 bridgehead atoms. The molecule has 2 aliphatic rings. The second-order valence-electron chi connectivity index (χ2n) is 5.45. The Morgan fingerprint density at radius 1 is 1.24 bits per heavy atom. The van der Waals surface area contributed by atoms with E-state index in [1.807, 2.05) is 12.1 Å². The Hall–Kier alpha value is -0.190. The van der Waals surface area contributed by atoms with E-state index in [4.69, 9.17) is 16.3 Å². The number of benzene rings is 1. The molecule has 1 aromatic carbocycles. The summed E-state index contributed by atoms with van der Waals surface area (Å²) in [5.74, 6) is 1.74. The molecule has 1 atom stereocenters. The Balaban J connectivity index is 0.00000110. The van der Waals surface area contributed by atoms with E-state index in [2.05, 4.69) is 16.3 Å². The highest BCUT2D eigenvalue weighted by molar-refractivity contribution is 6.30. The van der Waals surface area contributed by atoms with Crippen molar-refractivity contribution >= 4 is 36.4 Å². The summed E-state index contributed by atoms with van der Waals surface area (Å²) >= 11 is 6.20. The van der Waals surface area contributed by atoms with Crippen molar-refractivity contribution in [3.05, 3.63) is 28.8 Å². The minimum atomic E-state index is 0. The molecule has 1 saturated heterocycles. The predicted octanol–water partition coefficient (Wildman–Crippen LogP) is 3.55. The Labute approximate surface area is 144 Å². The van der Waals surface area contributed by atoms with Crippen LogP contribution >= 0.6 is 36.4 Å². The lowest BCUT2D eigenvalue weighted by molar-refractivity contribution is 0.153. The Kier molecular flexibility index (Phi) is 7.58. The van der Waals surface area contributed by atoms with Gasteiger partial charge in [0.05, 0.1) is 7.11 Å². The van der Waals surface area contributed by atoms with Crippen molar-refractivity contribution in [2.75, 3.05) is 33.3 Å². The van der Waals surface area contributed by atoms with Gasteiger partial charge in [0.15, 0.2) is 0 Å². The fraction of sp³-hybridized carbons (Fsp3) is 0.600. The van der Waals surface area contributed by atoms with E-state index in [9.17, 15) is 0 Å². The smallest absolute Gasteiger partial charge is 0.123 e. The van der Waals surface area contributed by atoms with Crippen molar-refractivity contribution < 1.29 is 4.74 Å². The third-order valence-electron chi connectivity index (χ3n) is 4.12. The quantitative estimate of drug-likeness (QED) is 0.896. The van der Waals surface area contributed by atoms with Gasteiger partial charge in [0.1, 0.15) is 5.75 Å². The first-order valence-electron chi connectivity index (χ1n) is 7.08. The molecule has 6 heteroatoms. The maximum atomic E-state index is 6.20. The molecule has 3 nitrogen and oxygen atoms in total. The molecule has 120 valence electrons. The van der Waals surface area contributed by atoms with Crippen LogP contribution in [0.3, 0.4) is 0 Å². The number of hydrogen-bond acceptors (Lipinski definition) is 3. The third kappa shape index (κ3) is 4.40. The van der Waals surface area contributed by atoms with Gasteiger partial charge in [0, 0.05) is 42.8 Å². The largest absolute Gasteiger partial charge is 0.496 e. The molecule has 0 aromatic heterocycles. The zero-order valence-corrected chi connectivity index (χ0v) is 14.6. The van der Waals surface area contributed by atoms with Gasteiger partial charge in [-0.2, -0.15) is 0 Å². The predicted molar refractivity (Wildman–Crippen MR) is 92.4 cm³/mol. The van der Waals surface area contributed by atoms with E-state index >= 15 is 0 Å². The van der Waals surface area contributed by atoms with Gasteiger partial charge < -0.3 is 10.1 Å². The summed E-state index contributed by atoms with van der Waals surface area (Å²) in [6.07, 6.45) is 2.65. The van der Waals surface area contributed by atoms with Crippen LogP contribution < -0.4 is 10.1 Å². The van der Waals surface area contributed by atoms with Gasteiger partial charge in [-0.1, -0.05) is 11.6 Å². The maximum Gasteiger partial charge on any atom is 0.123 e. The zero-order chi connectivity index (χ0) is 13.2. The summed E-state index contributed by atoms with van der Waals surface area (Å²) in [5.41, 5.74) is 1.26. The van der Waals surface area contributed by atoms with Crippen LogP contribution in [0.15, 0.2) is 18.2 Å². The molecular weight excluding hydrogens is 331 g/mol. The van der Waals surface area contributed by atoms with Crippen molar-refractivity contribution in [3.63, 3.8) is 0 Å². The highest BCUT2D eigenvalue weighted by Gasteiger charge is 2.38. The minimum Gasteiger partial charge on any atom is -0.496 e. The molecule has 0 amide bonds. The van der Waals surface area contributed by atoms with Gasteiger partial charge in [-0.05, 0) is 37.0 Å². The molecule has 0 unspecified atom stereocenters. The molecule has 0 radical (unpaired) electrons. The lowest BCUT2D eigenvalue weighted by Gasteiger charge is -2.36. The van der Waals surface area contributed by atoms with Crippen LogP contribution in [-0.4, -0.2) is 38.2 Å². The zero-order valence-electron chi connectivity index (χ0n) is 12.2. The highest BCUT2D eigenvalue weighted by Crippen LogP contribution is 2.47. The minimum absolute atomic E-state index is 0. The second-order valence-corrected chi connectivity index (χ2v) is 5.89. The Morgan fingerprint density at radius 2 is 1.90 bits per heavy atom. The van der Waals surface area contributed by atoms with Gasteiger partial charge in [0.2, 0.25) is 0 Å². The normalized spacial score (nSPS) is 20.1. The summed E-state index contributed by atoms with van der Waals surface area (Å²) in [6.45, 7) is 4.37. The standard InChI is InChI=1S/C15H21ClN2O.2ClH/c1-19-14-5-4-12(16)10-13(14)15(11-2-3-11)18-8-6-17-7-9-18;;/h4-5,10-11,15,17H,2-3,6-9H2,1H3;2*1H/t15-;;/m0../s1. The van der Waals surface area contributed by atoms with Crippen LogP contribution in [0.4, 0.5) is 0 Å². The van der Waals surface area contributed by atoms with Crippen molar-refractivity contribution in [1.82, 2.24) is 10.2 Å². The van der Waals surface area contributed by atoms with E-state index in [1.54, 1.807) is 7.11 Å². The van der Waals surface area contributed by atoms with Gasteiger partial charge in [-0.15, -0.1) is 24.8 Å². The second kappa shape index (κ2) is 8.44. The molecule has 2 fully saturated rings. The van der Waals surface area contributed by atoms with Gasteiger partial charge >= 0.3 is 0 Å². The lowest BCUT2D eigenvalue weighted by atomic mass is 9.98. The fourth-order valence-corrected chi connectivity index (χ4v) is 3.24. The molecule has 0 spiro atoms. The molecule has 1 N–H and O–H groups in total. The molecule has 1 aliphatic heterocycles. The molecule has 1 aliphatic carbocycles. The number of nitrogens with one attached hydrogen (secondary N) is 1. The summed E-state index contributed by atoms with van der Waals surface area (Å²) in [4.78, 5) is 2.59. The number of hydrogen-bond donors (Lipinski definition) is 1. The number of nitrogens with zero attached hydrogens (tertiary/aromatic N) is 1. The monoisotopic (exact) mass is 352 g/mol. The third-order valence-corrected chi connectivity index (χ3v) is 4.36. The van der Waals surface area contributed by atoms with Crippen LogP contribution in [-0.2, 0) is 0 Å². The van der Waals surface area contributed by atoms with Crippen LogP contribution in [0.5, 0.6) is 5.75 Å². The fourth-order valence-electron chi connectivity index (χ4n) is 3.06. The van der Waals surface area contributed by atoms with Crippen LogP contribution in [0.2, 0.25) is 5.02 Å². The van der Waals surface area contributed by atoms with Crippen LogP contribution in [0.1, 0.15) is 24.4 Å². The van der Waals surface area contributed by atoms with Gasteiger partial charge in [-0.25, -0.2) is 0 Å². The maximum absolute atomic E-state index is 6.20. The van der Waals surface area contributed by atoms with E-state index in [1.165, 1.54) is 18.4 Å². The Morgan fingerprint density at radius 3 is 2.48 bits per heavy atom. The van der Waals surface area contributed by atoms with E-state index in [-0.39, 0.29) is 24.8 Å². The van der Waals surface area contributed by atoms with E-state index < -0.39 is 0 Å². The van der Waals surface area contributed by atoms with Crippen molar-refractivity contribution in [2.24, 2.45) is 5.92 Å². The summed E-state index contributed by atoms with van der Waals surface area (Å²) in [5, 5.41) is 4.22. The average Bonchev–Trinajstić information content (AvgIpc) is 3.25. The van der Waals surface area contributed by atoms with E-state index in [0.29, 0.717) is 6.04 Å². The number of methoxy groups -OCH3 is 1. The first kappa shape index (κ1) is 18.9. The molecule has 1 aromatic rings. The first-order chi connectivity index (χ1) is 9.29. The SMILES string of the molecule is COc1ccc(Cl)cc1[C@H](C1CC1)N1CCNCC1.Cl.Cl. The summed E-state index contributed by atoms with van der Waals surface area (Å²) < 4.78 is 5.55.